The second-order valence-electron chi connectivity index (χ2n) is 1.75. The van der Waals surface area contributed by atoms with Crippen molar-refractivity contribution in [3.8, 4) is 5.88 Å². The summed E-state index contributed by atoms with van der Waals surface area (Å²) in [5, 5.41) is 18.7. The van der Waals surface area contributed by atoms with Crippen LogP contribution in [0.4, 0.5) is 5.95 Å². The van der Waals surface area contributed by atoms with Gasteiger partial charge in [-0.15, -0.1) is 0 Å². The third kappa shape index (κ3) is 0.903. The Morgan fingerprint density at radius 2 is 2.40 bits per heavy atom. The van der Waals surface area contributed by atoms with Gasteiger partial charge in [-0.2, -0.15) is 0 Å². The lowest BCUT2D eigenvalue weighted by molar-refractivity contribution is -0.393. The molecule has 1 rings (SSSR count). The summed E-state index contributed by atoms with van der Waals surface area (Å²) in [5.41, 5.74) is 0.228. The van der Waals surface area contributed by atoms with Gasteiger partial charge in [0.1, 0.15) is 0 Å². The Labute approximate surface area is 55.7 Å². The summed E-state index contributed by atoms with van der Waals surface area (Å²) >= 11 is 0. The van der Waals surface area contributed by atoms with E-state index in [0.717, 1.165) is 0 Å². The van der Waals surface area contributed by atoms with E-state index in [2.05, 4.69) is 9.97 Å². The molecule has 54 valence electrons. The fourth-order valence-electron chi connectivity index (χ4n) is 0.523. The van der Waals surface area contributed by atoms with Gasteiger partial charge < -0.3 is 15.2 Å². The normalized spacial score (nSPS) is 9.70. The second kappa shape index (κ2) is 1.98. The number of nitrogens with one attached hydrogen (secondary N) is 1. The topological polar surface area (TPSA) is 92.0 Å². The number of H-pyrrole nitrogens is 1. The van der Waals surface area contributed by atoms with Gasteiger partial charge in [0, 0.05) is 6.92 Å². The third-order valence-electron chi connectivity index (χ3n) is 1.02. The summed E-state index contributed by atoms with van der Waals surface area (Å²) in [6.45, 7) is 1.47. The Morgan fingerprint density at radius 1 is 1.80 bits per heavy atom. The summed E-state index contributed by atoms with van der Waals surface area (Å²) in [6.07, 6.45) is 0. The molecule has 0 amide bonds. The highest BCUT2D eigenvalue weighted by Gasteiger charge is 2.14. The molecular weight excluding hydrogens is 138 g/mol. The Balaban J connectivity index is 3.10. The van der Waals surface area contributed by atoms with Crippen molar-refractivity contribution in [2.45, 2.75) is 6.92 Å². The van der Waals surface area contributed by atoms with Crippen LogP contribution in [0.3, 0.4) is 0 Å². The maximum atomic E-state index is 9.97. The molecule has 0 aliphatic carbocycles. The molecule has 1 aromatic rings. The van der Waals surface area contributed by atoms with E-state index in [4.69, 9.17) is 5.11 Å². The first kappa shape index (κ1) is 6.53. The summed E-state index contributed by atoms with van der Waals surface area (Å²) < 4.78 is 0. The maximum Gasteiger partial charge on any atom is 0.435 e. The van der Waals surface area contributed by atoms with Crippen molar-refractivity contribution in [3.05, 3.63) is 15.8 Å². The molecule has 0 unspecified atom stereocenters. The van der Waals surface area contributed by atoms with Gasteiger partial charge >= 0.3 is 5.95 Å². The zero-order chi connectivity index (χ0) is 7.72. The zero-order valence-corrected chi connectivity index (χ0v) is 5.16. The molecule has 0 saturated heterocycles. The van der Waals surface area contributed by atoms with Gasteiger partial charge in [-0.25, -0.2) is 4.98 Å². The highest BCUT2D eigenvalue weighted by molar-refractivity contribution is 5.23. The number of rotatable bonds is 1. The fraction of sp³-hybridized carbons (Fsp3) is 0.250. The van der Waals surface area contributed by atoms with E-state index in [1.165, 1.54) is 6.92 Å². The minimum atomic E-state index is -0.702. The molecule has 2 N–H and O–H groups in total. The van der Waals surface area contributed by atoms with Gasteiger partial charge in [0.05, 0.1) is 0 Å². The van der Waals surface area contributed by atoms with E-state index in [-0.39, 0.29) is 11.6 Å². The highest BCUT2D eigenvalue weighted by atomic mass is 16.6. The Bertz CT molecular complexity index is 247. The van der Waals surface area contributed by atoms with Gasteiger partial charge in [0.15, 0.2) is 5.69 Å². The summed E-state index contributed by atoms with van der Waals surface area (Å²) in [7, 11) is 0. The van der Waals surface area contributed by atoms with Gasteiger partial charge in [0.25, 0.3) is 5.88 Å². The number of hydrogen-bond acceptors (Lipinski definition) is 4. The van der Waals surface area contributed by atoms with Crippen LogP contribution in [0.25, 0.3) is 0 Å². The monoisotopic (exact) mass is 143 g/mol. The lowest BCUT2D eigenvalue weighted by atomic mass is 10.5. The number of nitro groups is 1. The Kier molecular flexibility index (Phi) is 1.29. The largest absolute Gasteiger partial charge is 0.481 e. The van der Waals surface area contributed by atoms with Crippen LogP contribution in [0, 0.1) is 17.0 Å². The predicted molar refractivity (Wildman–Crippen MR) is 31.6 cm³/mol. The molecule has 0 bridgehead atoms. The van der Waals surface area contributed by atoms with Crippen molar-refractivity contribution in [1.29, 1.82) is 0 Å². The molecule has 0 saturated carbocycles. The first-order valence-corrected chi connectivity index (χ1v) is 2.51. The van der Waals surface area contributed by atoms with Crippen molar-refractivity contribution in [1.82, 2.24) is 9.97 Å². The molecule has 0 spiro atoms. The van der Waals surface area contributed by atoms with Crippen LogP contribution in [0.5, 0.6) is 5.88 Å². The average molecular weight is 143 g/mol. The zero-order valence-electron chi connectivity index (χ0n) is 5.16. The summed E-state index contributed by atoms with van der Waals surface area (Å²) in [6, 6.07) is 0. The second-order valence-corrected chi connectivity index (χ2v) is 1.75. The summed E-state index contributed by atoms with van der Waals surface area (Å²) in [5.74, 6) is -0.693. The lowest BCUT2D eigenvalue weighted by Crippen LogP contribution is -1.88. The van der Waals surface area contributed by atoms with Crippen LogP contribution < -0.4 is 0 Å². The molecule has 0 aromatic carbocycles. The fourth-order valence-corrected chi connectivity index (χ4v) is 0.523. The molecule has 0 aliphatic rings. The number of aromatic hydroxyl groups is 1. The molecule has 0 aliphatic heterocycles. The molecule has 0 fully saturated rings. The molecule has 1 heterocycles. The molecule has 1 aromatic heterocycles. The van der Waals surface area contributed by atoms with Crippen LogP contribution in [0.15, 0.2) is 0 Å². The van der Waals surface area contributed by atoms with Gasteiger partial charge in [-0.1, -0.05) is 4.98 Å². The van der Waals surface area contributed by atoms with E-state index in [1.807, 2.05) is 0 Å². The van der Waals surface area contributed by atoms with Crippen molar-refractivity contribution < 1.29 is 10.0 Å². The lowest BCUT2D eigenvalue weighted by Gasteiger charge is -1.84. The van der Waals surface area contributed by atoms with E-state index < -0.39 is 10.9 Å². The number of aryl methyl sites for hydroxylation is 1. The molecule has 6 nitrogen and oxygen atoms in total. The van der Waals surface area contributed by atoms with Crippen LogP contribution >= 0.6 is 0 Å². The molecule has 6 heteroatoms. The highest BCUT2D eigenvalue weighted by Crippen LogP contribution is 2.15. The van der Waals surface area contributed by atoms with Gasteiger partial charge in [-0.3, -0.25) is 0 Å². The van der Waals surface area contributed by atoms with E-state index in [0.29, 0.717) is 0 Å². The molecule has 10 heavy (non-hydrogen) atoms. The molecule has 0 radical (unpaired) electrons. The van der Waals surface area contributed by atoms with Crippen LogP contribution in [0.1, 0.15) is 5.69 Å². The smallest absolute Gasteiger partial charge is 0.435 e. The minimum absolute atomic E-state index is 0.228. The number of aromatic nitrogens is 2. The van der Waals surface area contributed by atoms with Gasteiger partial charge in [0.2, 0.25) is 0 Å². The first-order chi connectivity index (χ1) is 4.61. The number of aromatic amines is 1. The number of nitrogens with zero attached hydrogens (tertiary/aromatic N) is 2. The standard InChI is InChI=1S/C4H5N3O3/c1-2-3(8)6-4(5-2)7(9)10/h8H,1H3,(H,5,6). The maximum absolute atomic E-state index is 9.97. The summed E-state index contributed by atoms with van der Waals surface area (Å²) in [4.78, 5) is 14.8. The van der Waals surface area contributed by atoms with E-state index >= 15 is 0 Å². The van der Waals surface area contributed by atoms with Crippen molar-refractivity contribution >= 4 is 5.95 Å². The van der Waals surface area contributed by atoms with E-state index in [1.54, 1.807) is 0 Å². The molecular formula is C4H5N3O3. The van der Waals surface area contributed by atoms with Crippen molar-refractivity contribution in [3.63, 3.8) is 0 Å². The average Bonchev–Trinajstić information content (AvgIpc) is 2.13. The van der Waals surface area contributed by atoms with Crippen molar-refractivity contribution in [2.75, 3.05) is 0 Å². The van der Waals surface area contributed by atoms with Gasteiger partial charge in [-0.05, 0) is 4.92 Å². The Hall–Kier alpha value is -1.59. The molecule has 0 atom stereocenters. The van der Waals surface area contributed by atoms with Crippen molar-refractivity contribution in [2.24, 2.45) is 0 Å². The third-order valence-corrected chi connectivity index (χ3v) is 1.02. The SMILES string of the molecule is Cc1nc([N+](=O)[O-])[nH]c1O. The predicted octanol–water partition coefficient (Wildman–Crippen LogP) is 0.332. The minimum Gasteiger partial charge on any atom is -0.481 e. The van der Waals surface area contributed by atoms with Crippen LogP contribution in [-0.4, -0.2) is 20.0 Å². The van der Waals surface area contributed by atoms with Crippen LogP contribution in [-0.2, 0) is 0 Å². The first-order valence-electron chi connectivity index (χ1n) is 2.51. The number of imidazole rings is 1. The van der Waals surface area contributed by atoms with E-state index in [9.17, 15) is 10.1 Å². The van der Waals surface area contributed by atoms with Crippen LogP contribution in [0.2, 0.25) is 0 Å². The Morgan fingerprint density at radius 3 is 2.60 bits per heavy atom. The number of hydrogen-bond donors (Lipinski definition) is 2. The quantitative estimate of drug-likeness (QED) is 0.437.